The summed E-state index contributed by atoms with van der Waals surface area (Å²) in [5, 5.41) is 11.7. The summed E-state index contributed by atoms with van der Waals surface area (Å²) in [5.74, 6) is 0.129. The van der Waals surface area contributed by atoms with E-state index in [0.29, 0.717) is 24.3 Å². The fraction of sp³-hybridized carbons (Fsp3) is 0.286. The van der Waals surface area contributed by atoms with E-state index in [-0.39, 0.29) is 5.82 Å². The molecular formula is C28H26FN3O. The second kappa shape index (κ2) is 7.17. The summed E-state index contributed by atoms with van der Waals surface area (Å²) in [5.41, 5.74) is 11.1. The number of nitrogens with two attached hydrogens (primary N) is 1. The summed E-state index contributed by atoms with van der Waals surface area (Å²) < 4.78 is 14.8. The van der Waals surface area contributed by atoms with Crippen LogP contribution in [-0.2, 0) is 5.54 Å². The van der Waals surface area contributed by atoms with Gasteiger partial charge in [-0.15, -0.1) is 0 Å². The van der Waals surface area contributed by atoms with Crippen molar-refractivity contribution in [3.63, 3.8) is 0 Å². The van der Waals surface area contributed by atoms with Crippen molar-refractivity contribution < 1.29 is 9.50 Å². The van der Waals surface area contributed by atoms with Crippen LogP contribution in [0.1, 0.15) is 36.9 Å². The molecule has 2 aliphatic rings. The Morgan fingerprint density at radius 3 is 2.42 bits per heavy atom. The summed E-state index contributed by atoms with van der Waals surface area (Å²) in [6.45, 7) is 1.94. The number of halogens is 1. The van der Waals surface area contributed by atoms with Crippen LogP contribution < -0.4 is 5.73 Å². The molecule has 4 nitrogen and oxygen atoms in total. The first-order chi connectivity index (χ1) is 15.9. The van der Waals surface area contributed by atoms with E-state index in [1.54, 1.807) is 18.3 Å². The predicted octanol–water partition coefficient (Wildman–Crippen LogP) is 5.50. The first kappa shape index (κ1) is 20.5. The van der Waals surface area contributed by atoms with Gasteiger partial charge in [0.2, 0.25) is 0 Å². The smallest absolute Gasteiger partial charge is 0.131 e. The van der Waals surface area contributed by atoms with Gasteiger partial charge in [-0.05, 0) is 62.3 Å². The molecule has 0 aliphatic heterocycles. The highest BCUT2D eigenvalue weighted by atomic mass is 19.1. The van der Waals surface area contributed by atoms with E-state index in [0.717, 1.165) is 51.8 Å². The lowest BCUT2D eigenvalue weighted by molar-refractivity contribution is -0.106. The average Bonchev–Trinajstić information content (AvgIpc) is 3.64. The standard InChI is InChI=1S/C28H26FN3O/c1-17-22-14-23(21-4-2-3-5-24(21)29)26(32-25(22)12-13-31-17)18-6-8-19(9-7-18)27(30)15-28(33,16-27)20-10-11-20/h2-9,12-14,20,33H,10-11,15-16,30H2,1H3. The molecule has 0 bridgehead atoms. The highest BCUT2D eigenvalue weighted by Crippen LogP contribution is 2.57. The average molecular weight is 440 g/mol. The molecule has 0 saturated heterocycles. The van der Waals surface area contributed by atoms with E-state index >= 15 is 0 Å². The Morgan fingerprint density at radius 1 is 1.00 bits per heavy atom. The Labute approximate surface area is 192 Å². The third-order valence-electron chi connectivity index (χ3n) is 7.42. The van der Waals surface area contributed by atoms with Gasteiger partial charge in [-0.3, -0.25) is 4.98 Å². The molecule has 2 aliphatic carbocycles. The zero-order valence-electron chi connectivity index (χ0n) is 18.6. The Hall–Kier alpha value is -3.15. The van der Waals surface area contributed by atoms with Gasteiger partial charge in [-0.25, -0.2) is 9.37 Å². The molecule has 33 heavy (non-hydrogen) atoms. The molecule has 2 fully saturated rings. The van der Waals surface area contributed by atoms with E-state index in [2.05, 4.69) is 4.98 Å². The minimum Gasteiger partial charge on any atom is -0.389 e. The van der Waals surface area contributed by atoms with Crippen LogP contribution in [0.25, 0.3) is 33.3 Å². The van der Waals surface area contributed by atoms with E-state index in [4.69, 9.17) is 10.7 Å². The van der Waals surface area contributed by atoms with Crippen LogP contribution in [0.3, 0.4) is 0 Å². The molecule has 3 N–H and O–H groups in total. The number of hydrogen-bond acceptors (Lipinski definition) is 4. The van der Waals surface area contributed by atoms with Crippen LogP contribution >= 0.6 is 0 Å². The summed E-state index contributed by atoms with van der Waals surface area (Å²) >= 11 is 0. The molecule has 0 atom stereocenters. The van der Waals surface area contributed by atoms with Gasteiger partial charge in [0, 0.05) is 39.5 Å². The highest BCUT2D eigenvalue weighted by Gasteiger charge is 2.58. The third kappa shape index (κ3) is 3.35. The van der Waals surface area contributed by atoms with Crippen LogP contribution in [0, 0.1) is 18.7 Å². The van der Waals surface area contributed by atoms with Gasteiger partial charge in [-0.1, -0.05) is 42.5 Å². The Kier molecular flexibility index (Phi) is 4.45. The maximum atomic E-state index is 14.8. The number of pyridine rings is 2. The molecule has 2 saturated carbocycles. The van der Waals surface area contributed by atoms with E-state index < -0.39 is 11.1 Å². The number of aliphatic hydroxyl groups is 1. The molecule has 0 spiro atoms. The molecule has 5 heteroatoms. The van der Waals surface area contributed by atoms with E-state index in [1.807, 2.05) is 49.4 Å². The Balaban J connectivity index is 1.43. The first-order valence-electron chi connectivity index (χ1n) is 11.5. The van der Waals surface area contributed by atoms with Crippen molar-refractivity contribution in [1.82, 2.24) is 9.97 Å². The SMILES string of the molecule is Cc1nccc2nc(-c3ccc(C4(N)CC(O)(C5CC5)C4)cc3)c(-c3ccccc3F)cc12. The fourth-order valence-corrected chi connectivity index (χ4v) is 5.45. The van der Waals surface area contributed by atoms with Gasteiger partial charge in [0.25, 0.3) is 0 Å². The maximum absolute atomic E-state index is 14.8. The number of fused-ring (bicyclic) bond motifs is 1. The number of benzene rings is 2. The minimum absolute atomic E-state index is 0.284. The van der Waals surface area contributed by atoms with Crippen molar-refractivity contribution in [2.24, 2.45) is 11.7 Å². The molecule has 4 aromatic rings. The molecular weight excluding hydrogens is 413 g/mol. The molecule has 6 rings (SSSR count). The second-order valence-corrected chi connectivity index (χ2v) is 9.79. The van der Waals surface area contributed by atoms with Crippen LogP contribution in [0.2, 0.25) is 0 Å². The normalized spacial score (nSPS) is 24.6. The number of hydrogen-bond donors (Lipinski definition) is 2. The van der Waals surface area contributed by atoms with E-state index in [9.17, 15) is 9.50 Å². The second-order valence-electron chi connectivity index (χ2n) is 9.79. The summed E-state index contributed by atoms with van der Waals surface area (Å²) in [6, 6.07) is 18.7. The van der Waals surface area contributed by atoms with Gasteiger partial charge in [0.15, 0.2) is 0 Å². The topological polar surface area (TPSA) is 72.0 Å². The van der Waals surface area contributed by atoms with Gasteiger partial charge in [0.1, 0.15) is 5.82 Å². The van der Waals surface area contributed by atoms with Crippen LogP contribution in [0.5, 0.6) is 0 Å². The van der Waals surface area contributed by atoms with E-state index in [1.165, 1.54) is 6.07 Å². The molecule has 2 aromatic carbocycles. The molecule has 0 amide bonds. The lowest BCUT2D eigenvalue weighted by Gasteiger charge is -2.52. The molecule has 0 unspecified atom stereocenters. The quantitative estimate of drug-likeness (QED) is 0.440. The first-order valence-corrected chi connectivity index (χ1v) is 11.5. The van der Waals surface area contributed by atoms with Crippen LogP contribution in [0.4, 0.5) is 4.39 Å². The van der Waals surface area contributed by atoms with Gasteiger partial charge in [-0.2, -0.15) is 0 Å². The van der Waals surface area contributed by atoms with Gasteiger partial charge in [0.05, 0.1) is 16.8 Å². The van der Waals surface area contributed by atoms with Crippen LogP contribution in [0.15, 0.2) is 66.9 Å². The summed E-state index contributed by atoms with van der Waals surface area (Å²) in [4.78, 5) is 9.31. The monoisotopic (exact) mass is 439 g/mol. The maximum Gasteiger partial charge on any atom is 0.131 e. The third-order valence-corrected chi connectivity index (χ3v) is 7.42. The summed E-state index contributed by atoms with van der Waals surface area (Å²) in [7, 11) is 0. The predicted molar refractivity (Wildman–Crippen MR) is 128 cm³/mol. The lowest BCUT2D eigenvalue weighted by Crippen LogP contribution is -2.60. The Morgan fingerprint density at radius 2 is 1.73 bits per heavy atom. The number of nitrogens with zero attached hydrogens (tertiary/aromatic N) is 2. The highest BCUT2D eigenvalue weighted by molar-refractivity contribution is 5.92. The zero-order valence-corrected chi connectivity index (χ0v) is 18.6. The van der Waals surface area contributed by atoms with Crippen molar-refractivity contribution in [3.05, 3.63) is 83.9 Å². The molecule has 2 heterocycles. The molecule has 166 valence electrons. The fourth-order valence-electron chi connectivity index (χ4n) is 5.45. The minimum atomic E-state index is -0.600. The van der Waals surface area contributed by atoms with Crippen molar-refractivity contribution in [2.45, 2.75) is 43.7 Å². The van der Waals surface area contributed by atoms with Gasteiger partial charge < -0.3 is 10.8 Å². The number of rotatable bonds is 4. The summed E-state index contributed by atoms with van der Waals surface area (Å²) in [6.07, 6.45) is 5.16. The largest absolute Gasteiger partial charge is 0.389 e. The molecule has 0 radical (unpaired) electrons. The number of aromatic nitrogens is 2. The van der Waals surface area contributed by atoms with Gasteiger partial charge >= 0.3 is 0 Å². The lowest BCUT2D eigenvalue weighted by atomic mass is 9.60. The molecule has 2 aromatic heterocycles. The Bertz CT molecular complexity index is 1370. The number of aryl methyl sites for hydroxylation is 1. The van der Waals surface area contributed by atoms with Crippen molar-refractivity contribution in [1.29, 1.82) is 0 Å². The zero-order chi connectivity index (χ0) is 22.8. The van der Waals surface area contributed by atoms with Crippen molar-refractivity contribution in [2.75, 3.05) is 0 Å². The van der Waals surface area contributed by atoms with Crippen molar-refractivity contribution >= 4 is 10.9 Å². The van der Waals surface area contributed by atoms with Crippen LogP contribution in [-0.4, -0.2) is 20.7 Å². The van der Waals surface area contributed by atoms with Crippen molar-refractivity contribution in [3.8, 4) is 22.4 Å².